The Labute approximate surface area is 152 Å². The van der Waals surface area contributed by atoms with Crippen LogP contribution in [-0.2, 0) is 6.42 Å². The van der Waals surface area contributed by atoms with Gasteiger partial charge in [-0.2, -0.15) is 0 Å². The molecule has 0 aliphatic heterocycles. The molecule has 0 amide bonds. The first-order valence-electron chi connectivity index (χ1n) is 9.98. The number of nitrogens with two attached hydrogens (primary N) is 1. The van der Waals surface area contributed by atoms with Crippen molar-refractivity contribution in [3.8, 4) is 0 Å². The summed E-state index contributed by atoms with van der Waals surface area (Å²) >= 11 is 0. The van der Waals surface area contributed by atoms with Crippen molar-refractivity contribution in [1.82, 2.24) is 0 Å². The molecule has 132 valence electrons. The highest BCUT2D eigenvalue weighted by molar-refractivity contribution is 5.99. The summed E-state index contributed by atoms with van der Waals surface area (Å²) in [6.07, 6.45) is 12.2. The van der Waals surface area contributed by atoms with E-state index in [1.54, 1.807) is 0 Å². The number of aryl methyl sites for hydroxylation is 1. The first-order chi connectivity index (χ1) is 12.3. The highest BCUT2D eigenvalue weighted by atomic mass is 14.5. The van der Waals surface area contributed by atoms with Crippen molar-refractivity contribution in [1.29, 1.82) is 0 Å². The Morgan fingerprint density at radius 1 is 0.600 bits per heavy atom. The van der Waals surface area contributed by atoms with Crippen LogP contribution in [0, 0.1) is 0 Å². The summed E-state index contributed by atoms with van der Waals surface area (Å²) in [7, 11) is 0. The Morgan fingerprint density at radius 3 is 1.92 bits per heavy atom. The topological polar surface area (TPSA) is 26.0 Å². The first kappa shape index (κ1) is 17.8. The van der Waals surface area contributed by atoms with E-state index in [1.807, 2.05) is 6.07 Å². The average molecular weight is 334 g/mol. The van der Waals surface area contributed by atoms with Crippen LogP contribution >= 0.6 is 0 Å². The number of nitrogen functional groups attached to an aromatic ring is 1. The number of anilines is 1. The molecule has 0 saturated heterocycles. The predicted molar refractivity (Wildman–Crippen MR) is 112 cm³/mol. The molecular formula is C24H31N. The van der Waals surface area contributed by atoms with Gasteiger partial charge >= 0.3 is 0 Å². The third kappa shape index (κ3) is 4.98. The molecule has 3 rings (SSSR count). The molecule has 1 heteroatoms. The normalized spacial score (nSPS) is 11.4. The summed E-state index contributed by atoms with van der Waals surface area (Å²) in [5.41, 5.74) is 8.20. The zero-order valence-electron chi connectivity index (χ0n) is 15.6. The van der Waals surface area contributed by atoms with Crippen molar-refractivity contribution in [2.75, 3.05) is 5.73 Å². The predicted octanol–water partition coefficient (Wildman–Crippen LogP) is 7.26. The summed E-state index contributed by atoms with van der Waals surface area (Å²) in [5.74, 6) is 0. The van der Waals surface area contributed by atoms with Crippen LogP contribution in [-0.4, -0.2) is 0 Å². The minimum Gasteiger partial charge on any atom is -0.399 e. The van der Waals surface area contributed by atoms with Gasteiger partial charge in [-0.15, -0.1) is 0 Å². The van der Waals surface area contributed by atoms with E-state index in [4.69, 9.17) is 5.73 Å². The molecule has 0 saturated carbocycles. The second kappa shape index (κ2) is 8.89. The number of fused-ring (bicyclic) bond motifs is 2. The van der Waals surface area contributed by atoms with Crippen molar-refractivity contribution in [3.63, 3.8) is 0 Å². The van der Waals surface area contributed by atoms with Crippen LogP contribution in [0.4, 0.5) is 5.69 Å². The molecule has 0 aliphatic rings. The van der Waals surface area contributed by atoms with E-state index in [0.717, 1.165) is 5.69 Å². The minimum absolute atomic E-state index is 0.832. The van der Waals surface area contributed by atoms with E-state index in [2.05, 4.69) is 49.4 Å². The summed E-state index contributed by atoms with van der Waals surface area (Å²) in [6, 6.07) is 17.6. The highest BCUT2D eigenvalue weighted by Gasteiger charge is 2.01. The molecule has 25 heavy (non-hydrogen) atoms. The van der Waals surface area contributed by atoms with Crippen LogP contribution in [0.2, 0.25) is 0 Å². The van der Waals surface area contributed by atoms with E-state index < -0.39 is 0 Å². The van der Waals surface area contributed by atoms with Gasteiger partial charge in [0.1, 0.15) is 0 Å². The average Bonchev–Trinajstić information content (AvgIpc) is 2.62. The Bertz CT molecular complexity index is 819. The number of benzene rings is 3. The van der Waals surface area contributed by atoms with Gasteiger partial charge in [0.25, 0.3) is 0 Å². The molecule has 0 unspecified atom stereocenters. The zero-order valence-corrected chi connectivity index (χ0v) is 15.6. The van der Waals surface area contributed by atoms with E-state index in [0.29, 0.717) is 0 Å². The quantitative estimate of drug-likeness (QED) is 0.249. The number of unbranched alkanes of at least 4 members (excludes halogenated alkanes) is 7. The molecule has 0 atom stereocenters. The maximum atomic E-state index is 5.91. The molecule has 0 aliphatic carbocycles. The summed E-state index contributed by atoms with van der Waals surface area (Å²) < 4.78 is 0. The van der Waals surface area contributed by atoms with Gasteiger partial charge in [0.05, 0.1) is 0 Å². The van der Waals surface area contributed by atoms with Crippen molar-refractivity contribution >= 4 is 27.2 Å². The maximum Gasteiger partial charge on any atom is 0.0320 e. The SMILES string of the molecule is CCCCCCCCCCc1ccc2cc3cc(N)ccc3cc2c1. The van der Waals surface area contributed by atoms with Crippen molar-refractivity contribution < 1.29 is 0 Å². The Hall–Kier alpha value is -2.02. The number of hydrogen-bond acceptors (Lipinski definition) is 1. The van der Waals surface area contributed by atoms with Crippen LogP contribution in [0.25, 0.3) is 21.5 Å². The molecular weight excluding hydrogens is 302 g/mol. The Kier molecular flexibility index (Phi) is 6.33. The fourth-order valence-electron chi connectivity index (χ4n) is 3.68. The lowest BCUT2D eigenvalue weighted by Gasteiger charge is -2.07. The molecule has 2 N–H and O–H groups in total. The van der Waals surface area contributed by atoms with Crippen molar-refractivity contribution in [3.05, 3.63) is 54.1 Å². The standard InChI is InChI=1S/C24H31N/c1-2-3-4-5-6-7-8-9-10-19-11-12-20-17-23-18-24(25)14-13-21(23)16-22(20)15-19/h11-18H,2-10,25H2,1H3. The third-order valence-electron chi connectivity index (χ3n) is 5.20. The molecule has 1 nitrogen and oxygen atoms in total. The van der Waals surface area contributed by atoms with Gasteiger partial charge in [0.15, 0.2) is 0 Å². The summed E-state index contributed by atoms with van der Waals surface area (Å²) in [5, 5.41) is 5.14. The molecule has 0 spiro atoms. The molecule has 0 bridgehead atoms. The molecule has 3 aromatic rings. The van der Waals surface area contributed by atoms with Crippen LogP contribution in [0.5, 0.6) is 0 Å². The van der Waals surface area contributed by atoms with Gasteiger partial charge in [0.2, 0.25) is 0 Å². The number of hydrogen-bond donors (Lipinski definition) is 1. The molecule has 0 aromatic heterocycles. The van der Waals surface area contributed by atoms with Gasteiger partial charge < -0.3 is 5.73 Å². The van der Waals surface area contributed by atoms with Gasteiger partial charge in [0, 0.05) is 5.69 Å². The molecule has 3 aromatic carbocycles. The fraction of sp³-hybridized carbons (Fsp3) is 0.417. The zero-order chi connectivity index (χ0) is 17.5. The second-order valence-corrected chi connectivity index (χ2v) is 7.37. The lowest BCUT2D eigenvalue weighted by Crippen LogP contribution is -1.88. The Morgan fingerprint density at radius 2 is 1.20 bits per heavy atom. The summed E-state index contributed by atoms with van der Waals surface area (Å²) in [4.78, 5) is 0. The Balaban J connectivity index is 1.56. The fourth-order valence-corrected chi connectivity index (χ4v) is 3.68. The van der Waals surface area contributed by atoms with Crippen LogP contribution in [0.1, 0.15) is 63.9 Å². The largest absolute Gasteiger partial charge is 0.399 e. The van der Waals surface area contributed by atoms with E-state index in [-0.39, 0.29) is 0 Å². The molecule has 0 radical (unpaired) electrons. The van der Waals surface area contributed by atoms with E-state index >= 15 is 0 Å². The minimum atomic E-state index is 0.832. The van der Waals surface area contributed by atoms with Crippen LogP contribution in [0.3, 0.4) is 0 Å². The van der Waals surface area contributed by atoms with Gasteiger partial charge in [-0.1, -0.05) is 76.1 Å². The van der Waals surface area contributed by atoms with E-state index in [1.165, 1.54) is 84.9 Å². The maximum absolute atomic E-state index is 5.91. The lowest BCUT2D eigenvalue weighted by atomic mass is 9.99. The lowest BCUT2D eigenvalue weighted by molar-refractivity contribution is 0.575. The third-order valence-corrected chi connectivity index (χ3v) is 5.20. The van der Waals surface area contributed by atoms with Gasteiger partial charge in [-0.05, 0) is 64.2 Å². The molecule has 0 fully saturated rings. The van der Waals surface area contributed by atoms with Crippen molar-refractivity contribution in [2.24, 2.45) is 0 Å². The molecule has 0 heterocycles. The van der Waals surface area contributed by atoms with E-state index in [9.17, 15) is 0 Å². The number of rotatable bonds is 9. The smallest absolute Gasteiger partial charge is 0.0320 e. The van der Waals surface area contributed by atoms with Crippen LogP contribution < -0.4 is 5.73 Å². The summed E-state index contributed by atoms with van der Waals surface area (Å²) in [6.45, 7) is 2.28. The second-order valence-electron chi connectivity index (χ2n) is 7.37. The first-order valence-corrected chi connectivity index (χ1v) is 9.98. The van der Waals surface area contributed by atoms with Gasteiger partial charge in [-0.25, -0.2) is 0 Å². The van der Waals surface area contributed by atoms with Crippen molar-refractivity contribution in [2.45, 2.75) is 64.7 Å². The highest BCUT2D eigenvalue weighted by Crippen LogP contribution is 2.26. The van der Waals surface area contributed by atoms with Gasteiger partial charge in [-0.3, -0.25) is 0 Å². The monoisotopic (exact) mass is 333 g/mol. The van der Waals surface area contributed by atoms with Crippen LogP contribution in [0.15, 0.2) is 48.5 Å².